The van der Waals surface area contributed by atoms with Crippen molar-refractivity contribution in [3.05, 3.63) is 17.7 Å². The first-order valence-corrected chi connectivity index (χ1v) is 7.32. The van der Waals surface area contributed by atoms with E-state index in [1.54, 1.807) is 13.2 Å². The minimum atomic E-state index is -4.46. The molecule has 8 heteroatoms. The number of nitrogens with one attached hydrogen (secondary N) is 1. The van der Waals surface area contributed by atoms with Gasteiger partial charge in [0.1, 0.15) is 11.6 Å². The van der Waals surface area contributed by atoms with Gasteiger partial charge in [-0.3, -0.25) is 4.21 Å². The molecular weight excluding hydrogens is 279 g/mol. The fourth-order valence-corrected chi connectivity index (χ4v) is 2.14. The Morgan fingerprint density at radius 1 is 1.47 bits per heavy atom. The molecule has 1 heterocycles. The Labute approximate surface area is 112 Å². The van der Waals surface area contributed by atoms with Crippen molar-refractivity contribution in [2.24, 2.45) is 0 Å². The maximum Gasteiger partial charge on any atom is 0.416 e. The van der Waals surface area contributed by atoms with Gasteiger partial charge in [-0.15, -0.1) is 0 Å². The molecule has 4 nitrogen and oxygen atoms in total. The summed E-state index contributed by atoms with van der Waals surface area (Å²) >= 11 is 0. The molecule has 0 saturated carbocycles. The van der Waals surface area contributed by atoms with E-state index in [4.69, 9.17) is 5.73 Å². The lowest BCUT2D eigenvalue weighted by molar-refractivity contribution is -0.137. The quantitative estimate of drug-likeness (QED) is 0.874. The van der Waals surface area contributed by atoms with Gasteiger partial charge in [0.2, 0.25) is 0 Å². The fourth-order valence-electron chi connectivity index (χ4n) is 1.46. The molecule has 2 unspecified atom stereocenters. The van der Waals surface area contributed by atoms with Crippen LogP contribution in [-0.4, -0.2) is 27.2 Å². The van der Waals surface area contributed by atoms with Crippen molar-refractivity contribution in [1.82, 2.24) is 4.98 Å². The number of hydrogen-bond donors (Lipinski definition) is 2. The van der Waals surface area contributed by atoms with Crippen molar-refractivity contribution in [3.8, 4) is 0 Å². The molecule has 0 aliphatic rings. The minimum absolute atomic E-state index is 0.0710. The highest BCUT2D eigenvalue weighted by Crippen LogP contribution is 2.31. The average Bonchev–Trinajstić information content (AvgIpc) is 2.24. The summed E-state index contributed by atoms with van der Waals surface area (Å²) in [6, 6.07) is 1.56. The molecule has 1 rings (SSSR count). The minimum Gasteiger partial charge on any atom is -0.384 e. The van der Waals surface area contributed by atoms with Crippen LogP contribution in [0.3, 0.4) is 0 Å². The lowest BCUT2D eigenvalue weighted by Gasteiger charge is -2.16. The van der Waals surface area contributed by atoms with Crippen molar-refractivity contribution < 1.29 is 17.4 Å². The summed E-state index contributed by atoms with van der Waals surface area (Å²) in [4.78, 5) is 3.81. The van der Waals surface area contributed by atoms with E-state index in [2.05, 4.69) is 10.3 Å². The van der Waals surface area contributed by atoms with Gasteiger partial charge < -0.3 is 11.1 Å². The van der Waals surface area contributed by atoms with Crippen LogP contribution in [0.4, 0.5) is 24.8 Å². The number of pyridine rings is 1. The van der Waals surface area contributed by atoms with Crippen molar-refractivity contribution in [2.75, 3.05) is 23.1 Å². The second-order valence-corrected chi connectivity index (χ2v) is 5.83. The average molecular weight is 295 g/mol. The molecule has 0 spiro atoms. The Bertz CT molecular complexity index is 465. The number of nitrogens with zero attached hydrogens (tertiary/aromatic N) is 1. The summed E-state index contributed by atoms with van der Waals surface area (Å²) in [5.41, 5.74) is 4.52. The summed E-state index contributed by atoms with van der Waals surface area (Å²) in [5.74, 6) is 0.355. The number of alkyl halides is 3. The third-order valence-corrected chi connectivity index (χ3v) is 3.22. The van der Waals surface area contributed by atoms with E-state index in [9.17, 15) is 17.4 Å². The van der Waals surface area contributed by atoms with Gasteiger partial charge in [-0.25, -0.2) is 4.98 Å². The molecule has 19 heavy (non-hydrogen) atoms. The number of nitrogens with two attached hydrogens (primary N) is 1. The maximum absolute atomic E-state index is 12.6. The van der Waals surface area contributed by atoms with Crippen LogP contribution in [0.2, 0.25) is 0 Å². The lowest BCUT2D eigenvalue weighted by Crippen LogP contribution is -2.19. The molecule has 0 aliphatic carbocycles. The molecule has 0 saturated heterocycles. The molecule has 1 aromatic heterocycles. The van der Waals surface area contributed by atoms with Gasteiger partial charge in [0, 0.05) is 28.9 Å². The molecule has 0 fully saturated rings. The van der Waals surface area contributed by atoms with Crippen LogP contribution in [0.5, 0.6) is 0 Å². The van der Waals surface area contributed by atoms with Crippen molar-refractivity contribution in [2.45, 2.75) is 25.6 Å². The van der Waals surface area contributed by atoms with E-state index in [1.165, 1.54) is 0 Å². The Hall–Kier alpha value is -1.31. The first kappa shape index (κ1) is 15.7. The molecule has 1 aromatic rings. The Balaban J connectivity index is 2.78. The number of aromatic nitrogens is 1. The molecule has 0 amide bonds. The highest BCUT2D eigenvalue weighted by molar-refractivity contribution is 7.84. The second kappa shape index (κ2) is 6.23. The maximum atomic E-state index is 12.6. The number of anilines is 2. The van der Waals surface area contributed by atoms with Crippen LogP contribution < -0.4 is 11.1 Å². The van der Waals surface area contributed by atoms with Gasteiger partial charge in [0.05, 0.1) is 5.56 Å². The van der Waals surface area contributed by atoms with E-state index in [1.807, 2.05) is 0 Å². The Kier molecular flexibility index (Phi) is 5.16. The third-order valence-electron chi connectivity index (χ3n) is 2.41. The van der Waals surface area contributed by atoms with E-state index in [0.29, 0.717) is 12.2 Å². The van der Waals surface area contributed by atoms with E-state index in [0.717, 1.165) is 12.1 Å². The van der Waals surface area contributed by atoms with Gasteiger partial charge in [-0.2, -0.15) is 13.2 Å². The summed E-state index contributed by atoms with van der Waals surface area (Å²) in [5, 5.41) is 2.82. The molecule has 0 aliphatic heterocycles. The van der Waals surface area contributed by atoms with Crippen LogP contribution in [0.25, 0.3) is 0 Å². The third kappa shape index (κ3) is 5.46. The first-order valence-electron chi connectivity index (χ1n) is 5.60. The van der Waals surface area contributed by atoms with Gasteiger partial charge in [0.15, 0.2) is 0 Å². The molecule has 3 N–H and O–H groups in total. The van der Waals surface area contributed by atoms with Crippen molar-refractivity contribution >= 4 is 22.4 Å². The van der Waals surface area contributed by atoms with Crippen LogP contribution in [-0.2, 0) is 17.0 Å². The number of hydrogen-bond acceptors (Lipinski definition) is 4. The first-order chi connectivity index (χ1) is 8.68. The summed E-state index contributed by atoms with van der Waals surface area (Å²) in [7, 11) is -0.932. The molecule has 0 bridgehead atoms. The lowest BCUT2D eigenvalue weighted by atomic mass is 10.2. The Morgan fingerprint density at radius 2 is 2.11 bits per heavy atom. The van der Waals surface area contributed by atoms with E-state index >= 15 is 0 Å². The van der Waals surface area contributed by atoms with Crippen LogP contribution in [0.1, 0.15) is 18.9 Å². The zero-order chi connectivity index (χ0) is 14.6. The molecule has 2 atom stereocenters. The largest absolute Gasteiger partial charge is 0.416 e. The topological polar surface area (TPSA) is 68.0 Å². The van der Waals surface area contributed by atoms with Gasteiger partial charge in [0.25, 0.3) is 0 Å². The molecule has 0 aromatic carbocycles. The van der Waals surface area contributed by atoms with Gasteiger partial charge in [-0.1, -0.05) is 0 Å². The monoisotopic (exact) mass is 295 g/mol. The normalized spacial score (nSPS) is 15.0. The van der Waals surface area contributed by atoms with Gasteiger partial charge >= 0.3 is 6.18 Å². The molecular formula is C11H16F3N3OS. The summed E-state index contributed by atoms with van der Waals surface area (Å²) in [6.45, 7) is 1.78. The predicted octanol–water partition coefficient (Wildman–Crippen LogP) is 2.25. The summed E-state index contributed by atoms with van der Waals surface area (Å²) in [6.07, 6.45) is -2.31. The standard InChI is InChI=1S/C11H16F3N3OS/c1-7(3-4-19(2)18)16-10-6-8(11(12,13)14)5-9(15)17-10/h5-7H,3-4H2,1-2H3,(H3,15,16,17). The number of halogens is 3. The molecule has 108 valence electrons. The van der Waals surface area contributed by atoms with Crippen molar-refractivity contribution in [1.29, 1.82) is 0 Å². The van der Waals surface area contributed by atoms with E-state index < -0.39 is 22.5 Å². The van der Waals surface area contributed by atoms with Crippen LogP contribution >= 0.6 is 0 Å². The zero-order valence-electron chi connectivity index (χ0n) is 10.6. The SMILES string of the molecule is CC(CCS(C)=O)Nc1cc(C(F)(F)F)cc(N)n1. The number of nitrogen functional groups attached to an aromatic ring is 1. The highest BCUT2D eigenvalue weighted by atomic mass is 32.2. The predicted molar refractivity (Wildman–Crippen MR) is 70.3 cm³/mol. The second-order valence-electron chi connectivity index (χ2n) is 4.28. The molecule has 0 radical (unpaired) electrons. The van der Waals surface area contributed by atoms with Crippen molar-refractivity contribution in [3.63, 3.8) is 0 Å². The highest BCUT2D eigenvalue weighted by Gasteiger charge is 2.31. The van der Waals surface area contributed by atoms with Gasteiger partial charge in [-0.05, 0) is 25.5 Å². The van der Waals surface area contributed by atoms with E-state index in [-0.39, 0.29) is 17.7 Å². The Morgan fingerprint density at radius 3 is 2.63 bits per heavy atom. The van der Waals surface area contributed by atoms with Crippen LogP contribution in [0, 0.1) is 0 Å². The zero-order valence-corrected chi connectivity index (χ0v) is 11.4. The van der Waals surface area contributed by atoms with Crippen LogP contribution in [0.15, 0.2) is 12.1 Å². The fraction of sp³-hybridized carbons (Fsp3) is 0.545. The smallest absolute Gasteiger partial charge is 0.384 e. The summed E-state index contributed by atoms with van der Waals surface area (Å²) < 4.78 is 48.7. The number of rotatable bonds is 5.